The molecule has 1 atom stereocenters. The average Bonchev–Trinajstić information content (AvgIpc) is 2.66. The summed E-state index contributed by atoms with van der Waals surface area (Å²) in [5, 5.41) is 1.97. The van der Waals surface area contributed by atoms with E-state index in [1.165, 1.54) is 0 Å². The smallest absolute Gasteiger partial charge is 0.311 e. The Hall–Kier alpha value is -0.830. The van der Waals surface area contributed by atoms with Crippen molar-refractivity contribution < 1.29 is 9.53 Å². The van der Waals surface area contributed by atoms with Gasteiger partial charge in [-0.15, -0.1) is 11.3 Å². The number of ether oxygens (including phenoxy) is 1. The molecule has 3 heteroatoms. The third-order valence-electron chi connectivity index (χ3n) is 2.12. The molecular weight excluding hydrogens is 196 g/mol. The molecule has 0 aliphatic heterocycles. The number of esters is 1. The minimum atomic E-state index is -0.118. The van der Waals surface area contributed by atoms with E-state index in [2.05, 4.69) is 13.8 Å². The van der Waals surface area contributed by atoms with Crippen LogP contribution in [0.1, 0.15) is 25.1 Å². The molecule has 1 aromatic rings. The normalized spacial score (nSPS) is 12.4. The van der Waals surface area contributed by atoms with E-state index in [0.29, 0.717) is 18.9 Å². The lowest BCUT2D eigenvalue weighted by atomic mass is 10.1. The maximum atomic E-state index is 11.3. The van der Waals surface area contributed by atoms with Crippen LogP contribution in [-0.4, -0.2) is 12.6 Å². The molecule has 2 nitrogen and oxygen atoms in total. The number of carbonyl (C=O) groups excluding carboxylic acids is 1. The molecule has 0 N–H and O–H groups in total. The van der Waals surface area contributed by atoms with E-state index < -0.39 is 0 Å². The highest BCUT2D eigenvalue weighted by Crippen LogP contribution is 2.10. The zero-order valence-electron chi connectivity index (χ0n) is 8.66. The zero-order valence-corrected chi connectivity index (χ0v) is 9.47. The summed E-state index contributed by atoms with van der Waals surface area (Å²) in [5.41, 5.74) is 0. The minimum Gasteiger partial charge on any atom is -0.465 e. The zero-order chi connectivity index (χ0) is 10.4. The Balaban J connectivity index is 2.23. The van der Waals surface area contributed by atoms with Crippen LogP contribution < -0.4 is 0 Å². The second kappa shape index (κ2) is 5.81. The molecule has 0 radical (unpaired) electrons. The molecule has 0 saturated carbocycles. The molecule has 1 rings (SSSR count). The summed E-state index contributed by atoms with van der Waals surface area (Å²) in [4.78, 5) is 12.4. The Labute approximate surface area is 88.9 Å². The van der Waals surface area contributed by atoms with Crippen LogP contribution in [0.15, 0.2) is 17.5 Å². The topological polar surface area (TPSA) is 26.3 Å². The Morgan fingerprint density at radius 2 is 2.43 bits per heavy atom. The highest BCUT2D eigenvalue weighted by molar-refractivity contribution is 7.10. The van der Waals surface area contributed by atoms with Crippen LogP contribution in [0.25, 0.3) is 0 Å². The van der Waals surface area contributed by atoms with E-state index >= 15 is 0 Å². The first-order chi connectivity index (χ1) is 6.72. The number of thiophene rings is 1. The fourth-order valence-electron chi connectivity index (χ4n) is 0.960. The van der Waals surface area contributed by atoms with E-state index in [4.69, 9.17) is 4.74 Å². The highest BCUT2D eigenvalue weighted by Gasteiger charge is 2.07. The first kappa shape index (κ1) is 11.2. The molecule has 0 aliphatic rings. The van der Waals surface area contributed by atoms with Gasteiger partial charge in [0.1, 0.15) is 0 Å². The lowest BCUT2D eigenvalue weighted by Gasteiger charge is -2.08. The summed E-state index contributed by atoms with van der Waals surface area (Å²) >= 11 is 1.59. The second-order valence-corrected chi connectivity index (χ2v) is 4.48. The predicted molar refractivity (Wildman–Crippen MR) is 58.4 cm³/mol. The lowest BCUT2D eigenvalue weighted by molar-refractivity contribution is -0.144. The number of carbonyl (C=O) groups is 1. The molecule has 0 aromatic carbocycles. The molecule has 0 aliphatic carbocycles. The molecule has 0 amide bonds. The minimum absolute atomic E-state index is 0.118. The van der Waals surface area contributed by atoms with Crippen molar-refractivity contribution in [1.29, 1.82) is 0 Å². The van der Waals surface area contributed by atoms with Crippen LogP contribution >= 0.6 is 11.3 Å². The molecule has 1 heterocycles. The fourth-order valence-corrected chi connectivity index (χ4v) is 1.65. The van der Waals surface area contributed by atoms with E-state index in [1.807, 2.05) is 17.5 Å². The molecule has 1 unspecified atom stereocenters. The van der Waals surface area contributed by atoms with Crippen molar-refractivity contribution in [3.05, 3.63) is 22.4 Å². The summed E-state index contributed by atoms with van der Waals surface area (Å²) in [7, 11) is 0. The predicted octanol–water partition coefficient (Wildman–Crippen LogP) is 2.88. The van der Waals surface area contributed by atoms with Crippen molar-refractivity contribution in [3.63, 3.8) is 0 Å². The molecular formula is C11H16O2S. The van der Waals surface area contributed by atoms with Crippen LogP contribution in [0.3, 0.4) is 0 Å². The van der Waals surface area contributed by atoms with Gasteiger partial charge in [0.05, 0.1) is 13.0 Å². The van der Waals surface area contributed by atoms with Crippen LogP contribution in [-0.2, 0) is 16.0 Å². The summed E-state index contributed by atoms with van der Waals surface area (Å²) in [6.07, 6.45) is 1.46. The van der Waals surface area contributed by atoms with Gasteiger partial charge >= 0.3 is 5.97 Å². The van der Waals surface area contributed by atoms with Crippen molar-refractivity contribution in [2.75, 3.05) is 6.61 Å². The van der Waals surface area contributed by atoms with Crippen molar-refractivity contribution in [1.82, 2.24) is 0 Å². The Kier molecular flexibility index (Phi) is 4.66. The van der Waals surface area contributed by atoms with Gasteiger partial charge in [-0.05, 0) is 17.4 Å². The van der Waals surface area contributed by atoms with Crippen LogP contribution in [0.2, 0.25) is 0 Å². The summed E-state index contributed by atoms with van der Waals surface area (Å²) in [6, 6.07) is 3.90. The Bertz CT molecular complexity index is 267. The van der Waals surface area contributed by atoms with Gasteiger partial charge in [-0.1, -0.05) is 26.3 Å². The quantitative estimate of drug-likeness (QED) is 0.701. The summed E-state index contributed by atoms with van der Waals surface area (Å²) < 4.78 is 5.14. The van der Waals surface area contributed by atoms with Gasteiger partial charge in [0.15, 0.2) is 0 Å². The fraction of sp³-hybridized carbons (Fsp3) is 0.545. The Morgan fingerprint density at radius 3 is 3.00 bits per heavy atom. The van der Waals surface area contributed by atoms with Gasteiger partial charge in [-0.3, -0.25) is 4.79 Å². The Morgan fingerprint density at radius 1 is 1.64 bits per heavy atom. The van der Waals surface area contributed by atoms with E-state index in [0.717, 1.165) is 11.3 Å². The largest absolute Gasteiger partial charge is 0.465 e. The average molecular weight is 212 g/mol. The van der Waals surface area contributed by atoms with Crippen LogP contribution in [0, 0.1) is 5.92 Å². The van der Waals surface area contributed by atoms with Gasteiger partial charge in [0, 0.05) is 4.88 Å². The summed E-state index contributed by atoms with van der Waals surface area (Å²) in [6.45, 7) is 4.72. The monoisotopic (exact) mass is 212 g/mol. The molecule has 1 aromatic heterocycles. The molecule has 0 spiro atoms. The van der Waals surface area contributed by atoms with E-state index in [9.17, 15) is 4.79 Å². The van der Waals surface area contributed by atoms with Crippen molar-refractivity contribution in [2.24, 2.45) is 5.92 Å². The van der Waals surface area contributed by atoms with E-state index in [1.54, 1.807) is 11.3 Å². The SMILES string of the molecule is CCC(C)COC(=O)Cc1cccs1. The van der Waals surface area contributed by atoms with Crippen molar-refractivity contribution in [3.8, 4) is 0 Å². The molecule has 0 saturated heterocycles. The first-order valence-electron chi connectivity index (χ1n) is 4.90. The first-order valence-corrected chi connectivity index (χ1v) is 5.78. The van der Waals surface area contributed by atoms with Gasteiger partial charge in [-0.2, -0.15) is 0 Å². The van der Waals surface area contributed by atoms with Crippen molar-refractivity contribution in [2.45, 2.75) is 26.7 Å². The van der Waals surface area contributed by atoms with E-state index in [-0.39, 0.29) is 5.97 Å². The third kappa shape index (κ3) is 3.92. The van der Waals surface area contributed by atoms with Gasteiger partial charge in [-0.25, -0.2) is 0 Å². The van der Waals surface area contributed by atoms with Crippen LogP contribution in [0.4, 0.5) is 0 Å². The second-order valence-electron chi connectivity index (χ2n) is 3.45. The van der Waals surface area contributed by atoms with Gasteiger partial charge < -0.3 is 4.74 Å². The van der Waals surface area contributed by atoms with Gasteiger partial charge in [0.2, 0.25) is 0 Å². The number of hydrogen-bond donors (Lipinski definition) is 0. The lowest BCUT2D eigenvalue weighted by Crippen LogP contribution is -2.12. The highest BCUT2D eigenvalue weighted by atomic mass is 32.1. The number of hydrogen-bond acceptors (Lipinski definition) is 3. The molecule has 78 valence electrons. The molecule has 0 bridgehead atoms. The molecule has 14 heavy (non-hydrogen) atoms. The van der Waals surface area contributed by atoms with Crippen molar-refractivity contribution >= 4 is 17.3 Å². The van der Waals surface area contributed by atoms with Crippen LogP contribution in [0.5, 0.6) is 0 Å². The number of rotatable bonds is 5. The maximum Gasteiger partial charge on any atom is 0.311 e. The molecule has 0 fully saturated rings. The van der Waals surface area contributed by atoms with Gasteiger partial charge in [0.25, 0.3) is 0 Å². The maximum absolute atomic E-state index is 11.3. The summed E-state index contributed by atoms with van der Waals surface area (Å²) in [5.74, 6) is 0.343. The third-order valence-corrected chi connectivity index (χ3v) is 3.00. The standard InChI is InChI=1S/C11H16O2S/c1-3-9(2)8-13-11(12)7-10-5-4-6-14-10/h4-6,9H,3,7-8H2,1-2H3.